The van der Waals surface area contributed by atoms with Crippen molar-refractivity contribution < 1.29 is 4.79 Å². The van der Waals surface area contributed by atoms with Crippen molar-refractivity contribution in [2.24, 2.45) is 7.05 Å². The van der Waals surface area contributed by atoms with Crippen molar-refractivity contribution in [3.63, 3.8) is 0 Å². The van der Waals surface area contributed by atoms with Gasteiger partial charge in [0.05, 0.1) is 5.25 Å². The molecule has 0 bridgehead atoms. The maximum absolute atomic E-state index is 12.2. The summed E-state index contributed by atoms with van der Waals surface area (Å²) in [6, 6.07) is 6.05. The van der Waals surface area contributed by atoms with Crippen LogP contribution in [0.3, 0.4) is 0 Å². The number of rotatable bonds is 4. The van der Waals surface area contributed by atoms with Crippen LogP contribution in [0.1, 0.15) is 18.1 Å². The van der Waals surface area contributed by atoms with E-state index >= 15 is 0 Å². The third-order valence-electron chi connectivity index (χ3n) is 3.08. The molecule has 1 aromatic heterocycles. The number of aryl methyl sites for hydroxylation is 3. The number of carbonyl (C=O) groups excluding carboxylic acids is 1. The first-order valence-corrected chi connectivity index (χ1v) is 7.37. The molecular weight excluding hydrogens is 270 g/mol. The van der Waals surface area contributed by atoms with Gasteiger partial charge in [-0.1, -0.05) is 23.9 Å². The Kier molecular flexibility index (Phi) is 4.49. The lowest BCUT2D eigenvalue weighted by Gasteiger charge is -2.13. The molecule has 1 unspecified atom stereocenters. The molecule has 2 aromatic rings. The van der Waals surface area contributed by atoms with Crippen LogP contribution in [0.15, 0.2) is 35.7 Å². The highest BCUT2D eigenvalue weighted by atomic mass is 32.2. The Morgan fingerprint density at radius 1 is 1.40 bits per heavy atom. The Labute approximate surface area is 123 Å². The second-order valence-corrected chi connectivity index (χ2v) is 6.20. The fourth-order valence-corrected chi connectivity index (χ4v) is 2.61. The van der Waals surface area contributed by atoms with E-state index in [1.54, 1.807) is 6.20 Å². The summed E-state index contributed by atoms with van der Waals surface area (Å²) in [6.45, 7) is 5.90. The van der Waals surface area contributed by atoms with Crippen LogP contribution in [0.2, 0.25) is 0 Å². The number of hydrogen-bond donors (Lipinski definition) is 1. The molecule has 1 N–H and O–H groups in total. The van der Waals surface area contributed by atoms with Crippen molar-refractivity contribution in [1.82, 2.24) is 9.55 Å². The molecule has 0 aliphatic carbocycles. The van der Waals surface area contributed by atoms with Gasteiger partial charge >= 0.3 is 0 Å². The van der Waals surface area contributed by atoms with Crippen molar-refractivity contribution in [2.75, 3.05) is 5.32 Å². The van der Waals surface area contributed by atoms with E-state index in [0.29, 0.717) is 0 Å². The van der Waals surface area contributed by atoms with Gasteiger partial charge in [0.2, 0.25) is 5.91 Å². The molecule has 4 nitrogen and oxygen atoms in total. The van der Waals surface area contributed by atoms with Crippen molar-refractivity contribution >= 4 is 23.4 Å². The molecule has 0 radical (unpaired) electrons. The molecule has 0 saturated heterocycles. The molecule has 0 saturated carbocycles. The van der Waals surface area contributed by atoms with Gasteiger partial charge < -0.3 is 9.88 Å². The molecule has 5 heteroatoms. The van der Waals surface area contributed by atoms with E-state index in [9.17, 15) is 4.79 Å². The molecule has 20 heavy (non-hydrogen) atoms. The molecule has 0 spiro atoms. The summed E-state index contributed by atoms with van der Waals surface area (Å²) in [4.78, 5) is 16.5. The van der Waals surface area contributed by atoms with E-state index in [4.69, 9.17) is 0 Å². The zero-order valence-electron chi connectivity index (χ0n) is 12.2. The Hall–Kier alpha value is -1.75. The number of nitrogens with zero attached hydrogens (tertiary/aromatic N) is 2. The lowest BCUT2D eigenvalue weighted by atomic mass is 10.1. The van der Waals surface area contributed by atoms with Crippen LogP contribution >= 0.6 is 11.8 Å². The minimum Gasteiger partial charge on any atom is -0.329 e. The van der Waals surface area contributed by atoms with Crippen LogP contribution in [0.25, 0.3) is 0 Å². The van der Waals surface area contributed by atoms with Gasteiger partial charge in [-0.2, -0.15) is 0 Å². The van der Waals surface area contributed by atoms with Gasteiger partial charge in [0.15, 0.2) is 5.16 Å². The molecule has 1 atom stereocenters. The van der Waals surface area contributed by atoms with Gasteiger partial charge in [0.1, 0.15) is 0 Å². The number of anilines is 1. The monoisotopic (exact) mass is 289 g/mol. The molecule has 0 fully saturated rings. The van der Waals surface area contributed by atoms with Crippen molar-refractivity contribution in [3.05, 3.63) is 41.7 Å². The highest BCUT2D eigenvalue weighted by molar-refractivity contribution is 8.00. The van der Waals surface area contributed by atoms with E-state index in [1.165, 1.54) is 11.8 Å². The van der Waals surface area contributed by atoms with Gasteiger partial charge in [-0.15, -0.1) is 0 Å². The Morgan fingerprint density at radius 2 is 2.15 bits per heavy atom. The minimum absolute atomic E-state index is 0.00769. The number of nitrogens with one attached hydrogen (secondary N) is 1. The van der Waals surface area contributed by atoms with Gasteiger partial charge in [-0.05, 0) is 38.0 Å². The lowest BCUT2D eigenvalue weighted by molar-refractivity contribution is -0.115. The molecule has 1 amide bonds. The van der Waals surface area contributed by atoms with Gasteiger partial charge in [-0.3, -0.25) is 4.79 Å². The number of hydrogen-bond acceptors (Lipinski definition) is 3. The molecule has 2 rings (SSSR count). The fourth-order valence-electron chi connectivity index (χ4n) is 1.78. The molecule has 1 aromatic carbocycles. The van der Waals surface area contributed by atoms with E-state index in [-0.39, 0.29) is 11.2 Å². The first-order chi connectivity index (χ1) is 9.47. The van der Waals surface area contributed by atoms with Crippen LogP contribution < -0.4 is 5.32 Å². The minimum atomic E-state index is -0.198. The zero-order chi connectivity index (χ0) is 14.7. The Bertz CT molecular complexity index is 621. The average molecular weight is 289 g/mol. The van der Waals surface area contributed by atoms with Crippen LogP contribution in [-0.4, -0.2) is 20.7 Å². The first kappa shape index (κ1) is 14.7. The quantitative estimate of drug-likeness (QED) is 0.880. The Balaban J connectivity index is 2.04. The maximum Gasteiger partial charge on any atom is 0.237 e. The van der Waals surface area contributed by atoms with E-state index in [1.807, 2.05) is 56.8 Å². The predicted molar refractivity (Wildman–Crippen MR) is 83.1 cm³/mol. The summed E-state index contributed by atoms with van der Waals surface area (Å²) in [5.41, 5.74) is 3.08. The molecule has 106 valence electrons. The lowest BCUT2D eigenvalue weighted by Crippen LogP contribution is -2.23. The Morgan fingerprint density at radius 3 is 2.80 bits per heavy atom. The van der Waals surface area contributed by atoms with Crippen LogP contribution in [0.4, 0.5) is 5.69 Å². The largest absolute Gasteiger partial charge is 0.329 e. The van der Waals surface area contributed by atoms with E-state index in [2.05, 4.69) is 10.3 Å². The summed E-state index contributed by atoms with van der Waals surface area (Å²) < 4.78 is 1.91. The summed E-state index contributed by atoms with van der Waals surface area (Å²) in [6.07, 6.45) is 3.61. The number of amides is 1. The highest BCUT2D eigenvalue weighted by Gasteiger charge is 2.17. The van der Waals surface area contributed by atoms with Gasteiger partial charge in [0, 0.05) is 25.1 Å². The summed E-state index contributed by atoms with van der Waals surface area (Å²) >= 11 is 1.45. The van der Waals surface area contributed by atoms with Crippen LogP contribution in [0.5, 0.6) is 0 Å². The third kappa shape index (κ3) is 3.42. The zero-order valence-corrected chi connectivity index (χ0v) is 13.0. The maximum atomic E-state index is 12.2. The van der Waals surface area contributed by atoms with Gasteiger partial charge in [0.25, 0.3) is 0 Å². The average Bonchev–Trinajstić information content (AvgIpc) is 2.79. The SMILES string of the molecule is Cc1ccc(C)c(NC(=O)C(C)Sc2nccn2C)c1. The van der Waals surface area contributed by atoms with Crippen molar-refractivity contribution in [1.29, 1.82) is 0 Å². The smallest absolute Gasteiger partial charge is 0.237 e. The molecule has 0 aliphatic heterocycles. The highest BCUT2D eigenvalue weighted by Crippen LogP contribution is 2.23. The number of thioether (sulfide) groups is 1. The number of imidazole rings is 1. The summed E-state index contributed by atoms with van der Waals surface area (Å²) in [7, 11) is 1.92. The number of aromatic nitrogens is 2. The van der Waals surface area contributed by atoms with Crippen LogP contribution in [0, 0.1) is 13.8 Å². The second kappa shape index (κ2) is 6.13. The first-order valence-electron chi connectivity index (χ1n) is 6.49. The van der Waals surface area contributed by atoms with Crippen LogP contribution in [-0.2, 0) is 11.8 Å². The third-order valence-corrected chi connectivity index (χ3v) is 4.25. The fraction of sp³-hybridized carbons (Fsp3) is 0.333. The predicted octanol–water partition coefficient (Wildman–Crippen LogP) is 3.16. The molecule has 0 aliphatic rings. The van der Waals surface area contributed by atoms with E-state index < -0.39 is 0 Å². The number of carbonyl (C=O) groups is 1. The number of benzene rings is 1. The standard InChI is InChI=1S/C15H19N3OS/c1-10-5-6-11(2)13(9-10)17-14(19)12(3)20-15-16-7-8-18(15)4/h5-9,12H,1-4H3,(H,17,19). The normalized spacial score (nSPS) is 12.2. The molecule has 1 heterocycles. The second-order valence-electron chi connectivity index (χ2n) is 4.89. The van der Waals surface area contributed by atoms with Crippen molar-refractivity contribution in [3.8, 4) is 0 Å². The summed E-state index contributed by atoms with van der Waals surface area (Å²) in [5.74, 6) is -0.00769. The summed E-state index contributed by atoms with van der Waals surface area (Å²) in [5, 5.41) is 3.63. The van der Waals surface area contributed by atoms with Crippen molar-refractivity contribution in [2.45, 2.75) is 31.2 Å². The van der Waals surface area contributed by atoms with E-state index in [0.717, 1.165) is 22.0 Å². The molecular formula is C15H19N3OS. The van der Waals surface area contributed by atoms with Gasteiger partial charge in [-0.25, -0.2) is 4.98 Å². The topological polar surface area (TPSA) is 46.9 Å².